The highest BCUT2D eigenvalue weighted by Crippen LogP contribution is 2.27. The van der Waals surface area contributed by atoms with E-state index in [0.29, 0.717) is 32.4 Å². The van der Waals surface area contributed by atoms with E-state index < -0.39 is 0 Å². The number of rotatable bonds is 7. The monoisotopic (exact) mass is 436 g/mol. The SMILES string of the molecule is CN(Cc1cc(Br)cs1)C(=O)CCCOc1ccc2c(c1)CCC(=O)N2. The molecule has 5 nitrogen and oxygen atoms in total. The lowest BCUT2D eigenvalue weighted by Gasteiger charge is -2.18. The summed E-state index contributed by atoms with van der Waals surface area (Å²) in [6, 6.07) is 7.74. The molecule has 7 heteroatoms. The minimum absolute atomic E-state index is 0.0590. The normalized spacial score (nSPS) is 13.1. The van der Waals surface area contributed by atoms with Crippen molar-refractivity contribution in [2.45, 2.75) is 32.2 Å². The molecule has 3 rings (SSSR count). The first-order chi connectivity index (χ1) is 12.5. The number of thiophene rings is 1. The highest BCUT2D eigenvalue weighted by atomic mass is 79.9. The molecule has 0 atom stereocenters. The number of benzene rings is 1. The molecule has 1 aliphatic heterocycles. The molecule has 2 aromatic rings. The summed E-state index contributed by atoms with van der Waals surface area (Å²) in [5.74, 6) is 0.958. The van der Waals surface area contributed by atoms with E-state index in [0.717, 1.165) is 32.8 Å². The second kappa shape index (κ2) is 8.68. The lowest BCUT2D eigenvalue weighted by Crippen LogP contribution is -2.25. The van der Waals surface area contributed by atoms with E-state index in [1.807, 2.05) is 36.7 Å². The van der Waals surface area contributed by atoms with Crippen LogP contribution in [0.15, 0.2) is 34.1 Å². The maximum Gasteiger partial charge on any atom is 0.224 e. The number of nitrogens with one attached hydrogen (secondary N) is 1. The van der Waals surface area contributed by atoms with E-state index in [-0.39, 0.29) is 11.8 Å². The number of hydrogen-bond acceptors (Lipinski definition) is 4. The van der Waals surface area contributed by atoms with Crippen molar-refractivity contribution in [2.75, 3.05) is 19.0 Å². The second-order valence-corrected chi connectivity index (χ2v) is 8.21. The van der Waals surface area contributed by atoms with Gasteiger partial charge in [0.1, 0.15) is 5.75 Å². The first kappa shape index (κ1) is 18.9. The van der Waals surface area contributed by atoms with Crippen LogP contribution in [-0.4, -0.2) is 30.4 Å². The lowest BCUT2D eigenvalue weighted by molar-refractivity contribution is -0.130. The van der Waals surface area contributed by atoms with Gasteiger partial charge in [-0.1, -0.05) is 0 Å². The number of nitrogens with zero attached hydrogens (tertiary/aromatic N) is 1. The van der Waals surface area contributed by atoms with Crippen LogP contribution in [0.4, 0.5) is 5.69 Å². The van der Waals surface area contributed by atoms with Gasteiger partial charge in [0.2, 0.25) is 11.8 Å². The molecule has 0 radical (unpaired) electrons. The van der Waals surface area contributed by atoms with Crippen LogP contribution >= 0.6 is 27.3 Å². The van der Waals surface area contributed by atoms with E-state index >= 15 is 0 Å². The topological polar surface area (TPSA) is 58.6 Å². The highest BCUT2D eigenvalue weighted by Gasteiger charge is 2.15. The Hall–Kier alpha value is -1.86. The quantitative estimate of drug-likeness (QED) is 0.661. The van der Waals surface area contributed by atoms with Gasteiger partial charge in [0.25, 0.3) is 0 Å². The van der Waals surface area contributed by atoms with Crippen LogP contribution in [0.5, 0.6) is 5.75 Å². The minimum atomic E-state index is 0.0590. The van der Waals surface area contributed by atoms with Gasteiger partial charge in [-0.25, -0.2) is 0 Å². The van der Waals surface area contributed by atoms with E-state index in [9.17, 15) is 9.59 Å². The Morgan fingerprint density at radius 3 is 2.96 bits per heavy atom. The number of aryl methyl sites for hydroxylation is 1. The van der Waals surface area contributed by atoms with Crippen molar-refractivity contribution in [1.29, 1.82) is 0 Å². The predicted octanol–water partition coefficient (Wildman–Crippen LogP) is 4.21. The zero-order valence-electron chi connectivity index (χ0n) is 14.6. The van der Waals surface area contributed by atoms with Gasteiger partial charge in [0.15, 0.2) is 0 Å². The standard InChI is InChI=1S/C19H21BrN2O3S/c1-22(11-16-10-14(20)12-26-16)19(24)3-2-8-25-15-5-6-17-13(9-15)4-7-18(23)21-17/h5-6,9-10,12H,2-4,7-8,11H2,1H3,(H,21,23). The Kier molecular flexibility index (Phi) is 6.32. The maximum atomic E-state index is 12.2. The number of halogens is 1. The summed E-state index contributed by atoms with van der Waals surface area (Å²) < 4.78 is 6.82. The Labute approximate surface area is 165 Å². The van der Waals surface area contributed by atoms with Gasteiger partial charge in [-0.15, -0.1) is 11.3 Å². The molecule has 0 aliphatic carbocycles. The van der Waals surface area contributed by atoms with Gasteiger partial charge in [0, 0.05) is 40.3 Å². The number of carbonyl (C=O) groups is 2. The van der Waals surface area contributed by atoms with Crippen molar-refractivity contribution in [1.82, 2.24) is 4.90 Å². The van der Waals surface area contributed by atoms with Gasteiger partial charge in [-0.2, -0.15) is 0 Å². The third kappa shape index (κ3) is 5.08. The number of anilines is 1. The molecule has 1 N–H and O–H groups in total. The molecule has 0 fully saturated rings. The summed E-state index contributed by atoms with van der Waals surface area (Å²) in [5.41, 5.74) is 1.96. The number of carbonyl (C=O) groups excluding carboxylic acids is 2. The molecule has 1 aromatic heterocycles. The highest BCUT2D eigenvalue weighted by molar-refractivity contribution is 9.10. The van der Waals surface area contributed by atoms with Crippen LogP contribution in [0, 0.1) is 0 Å². The Bertz CT molecular complexity index is 806. The van der Waals surface area contributed by atoms with Gasteiger partial charge in [0.05, 0.1) is 13.2 Å². The summed E-state index contributed by atoms with van der Waals surface area (Å²) in [7, 11) is 1.83. The molecule has 138 valence electrons. The van der Waals surface area contributed by atoms with Crippen LogP contribution in [0.2, 0.25) is 0 Å². The Balaban J connectivity index is 1.41. The molecule has 0 unspecified atom stereocenters. The van der Waals surface area contributed by atoms with Crippen LogP contribution in [0.1, 0.15) is 29.7 Å². The first-order valence-corrected chi connectivity index (χ1v) is 10.2. The molecule has 0 bridgehead atoms. The summed E-state index contributed by atoms with van der Waals surface area (Å²) in [6.45, 7) is 1.13. The fourth-order valence-corrected chi connectivity index (χ4v) is 4.32. The Morgan fingerprint density at radius 1 is 1.35 bits per heavy atom. The summed E-state index contributed by atoms with van der Waals surface area (Å²) in [6.07, 6.45) is 2.38. The largest absolute Gasteiger partial charge is 0.494 e. The second-order valence-electron chi connectivity index (χ2n) is 6.30. The predicted molar refractivity (Wildman–Crippen MR) is 107 cm³/mol. The van der Waals surface area contributed by atoms with Gasteiger partial charge in [-0.3, -0.25) is 9.59 Å². The third-order valence-electron chi connectivity index (χ3n) is 4.22. The summed E-state index contributed by atoms with van der Waals surface area (Å²) >= 11 is 5.07. The molecule has 0 saturated heterocycles. The molecule has 0 saturated carbocycles. The minimum Gasteiger partial charge on any atom is -0.494 e. The lowest BCUT2D eigenvalue weighted by atomic mass is 10.0. The van der Waals surface area contributed by atoms with Crippen LogP contribution in [0.3, 0.4) is 0 Å². The van der Waals surface area contributed by atoms with E-state index in [1.165, 1.54) is 0 Å². The molecule has 1 aliphatic rings. The first-order valence-electron chi connectivity index (χ1n) is 8.54. The summed E-state index contributed by atoms with van der Waals surface area (Å²) in [4.78, 5) is 26.5. The van der Waals surface area contributed by atoms with Gasteiger partial charge >= 0.3 is 0 Å². The fraction of sp³-hybridized carbons (Fsp3) is 0.368. The zero-order valence-corrected chi connectivity index (χ0v) is 17.0. The van der Waals surface area contributed by atoms with Crippen molar-refractivity contribution in [3.63, 3.8) is 0 Å². The molecule has 2 heterocycles. The van der Waals surface area contributed by atoms with Crippen molar-refractivity contribution >= 4 is 44.8 Å². The number of amides is 2. The number of hydrogen-bond donors (Lipinski definition) is 1. The maximum absolute atomic E-state index is 12.2. The zero-order chi connectivity index (χ0) is 18.5. The van der Waals surface area contributed by atoms with Gasteiger partial charge in [-0.05, 0) is 58.6 Å². The molecule has 0 spiro atoms. The van der Waals surface area contributed by atoms with Crippen molar-refractivity contribution in [2.24, 2.45) is 0 Å². The number of fused-ring (bicyclic) bond motifs is 1. The van der Waals surface area contributed by atoms with Crippen molar-refractivity contribution < 1.29 is 14.3 Å². The van der Waals surface area contributed by atoms with E-state index in [4.69, 9.17) is 4.74 Å². The molecular formula is C19H21BrN2O3S. The van der Waals surface area contributed by atoms with Crippen molar-refractivity contribution in [3.05, 3.63) is 44.6 Å². The molecule has 2 amide bonds. The number of ether oxygens (including phenoxy) is 1. The van der Waals surface area contributed by atoms with Crippen LogP contribution in [-0.2, 0) is 22.6 Å². The average Bonchev–Trinajstić information content (AvgIpc) is 3.03. The van der Waals surface area contributed by atoms with Crippen LogP contribution < -0.4 is 10.1 Å². The third-order valence-corrected chi connectivity index (χ3v) is 5.90. The molecule has 1 aromatic carbocycles. The summed E-state index contributed by atoms with van der Waals surface area (Å²) in [5, 5.41) is 4.88. The smallest absolute Gasteiger partial charge is 0.224 e. The average molecular weight is 437 g/mol. The molecule has 26 heavy (non-hydrogen) atoms. The van der Waals surface area contributed by atoms with Crippen molar-refractivity contribution in [3.8, 4) is 5.75 Å². The van der Waals surface area contributed by atoms with Gasteiger partial charge < -0.3 is 15.0 Å². The van der Waals surface area contributed by atoms with E-state index in [1.54, 1.807) is 16.2 Å². The molecular weight excluding hydrogens is 416 g/mol. The Morgan fingerprint density at radius 2 is 2.19 bits per heavy atom. The van der Waals surface area contributed by atoms with Crippen LogP contribution in [0.25, 0.3) is 0 Å². The fourth-order valence-electron chi connectivity index (χ4n) is 2.81. The van der Waals surface area contributed by atoms with E-state index in [2.05, 4.69) is 21.2 Å².